The van der Waals surface area contributed by atoms with Crippen LogP contribution in [-0.2, 0) is 0 Å². The highest BCUT2D eigenvalue weighted by Crippen LogP contribution is 2.31. The van der Waals surface area contributed by atoms with Gasteiger partial charge >= 0.3 is 0 Å². The molecule has 2 fully saturated rings. The summed E-state index contributed by atoms with van der Waals surface area (Å²) in [5.41, 5.74) is 3.18. The van der Waals surface area contributed by atoms with Gasteiger partial charge in [0.15, 0.2) is 0 Å². The van der Waals surface area contributed by atoms with Crippen LogP contribution in [0.3, 0.4) is 0 Å². The minimum atomic E-state index is -0.331. The summed E-state index contributed by atoms with van der Waals surface area (Å²) in [5.74, 6) is 1.32. The maximum absolute atomic E-state index is 12.9. The number of benzene rings is 4. The SMILES string of the molecule is CCC1CC(NC(=O)c2cc(-c3ccccc3)no2)C1.O=C(NC1CC(COc2ccc(F)cc2)C1)c1cc(-c2ccccc2)no1.Oc1ccc(F)cc1. The maximum Gasteiger partial charge on any atom is 0.290 e. The number of hydrogen-bond donors (Lipinski definition) is 3. The van der Waals surface area contributed by atoms with Gasteiger partial charge in [0.2, 0.25) is 11.5 Å². The molecule has 2 heterocycles. The number of carbonyl (C=O) groups excluding carboxylic acids is 2. The van der Waals surface area contributed by atoms with Gasteiger partial charge in [-0.15, -0.1) is 0 Å². The summed E-state index contributed by atoms with van der Waals surface area (Å²) >= 11 is 0. The lowest BCUT2D eigenvalue weighted by atomic mass is 9.78. The van der Waals surface area contributed by atoms with Crippen molar-refractivity contribution in [3.8, 4) is 34.0 Å². The summed E-state index contributed by atoms with van der Waals surface area (Å²) in [5, 5.41) is 22.4. The molecule has 12 heteroatoms. The number of phenols is 1. The summed E-state index contributed by atoms with van der Waals surface area (Å²) in [4.78, 5) is 24.3. The number of hydrogen-bond acceptors (Lipinski definition) is 8. The van der Waals surface area contributed by atoms with Crippen molar-refractivity contribution in [2.45, 2.75) is 51.1 Å². The summed E-state index contributed by atoms with van der Waals surface area (Å²) in [6, 6.07) is 34.0. The summed E-state index contributed by atoms with van der Waals surface area (Å²) in [6.07, 6.45) is 5.01. The number of phenolic OH excluding ortho intramolecular Hbond substituents is 1. The predicted molar refractivity (Wildman–Crippen MR) is 202 cm³/mol. The van der Waals surface area contributed by atoms with Crippen molar-refractivity contribution in [1.29, 1.82) is 0 Å². The molecule has 2 aromatic heterocycles. The molecule has 0 aliphatic heterocycles. The molecule has 0 saturated heterocycles. The van der Waals surface area contributed by atoms with Gasteiger partial charge in [-0.25, -0.2) is 8.78 Å². The molecule has 4 aromatic carbocycles. The van der Waals surface area contributed by atoms with Crippen LogP contribution in [0.25, 0.3) is 22.5 Å². The van der Waals surface area contributed by atoms with Crippen LogP contribution in [0, 0.1) is 23.5 Å². The predicted octanol–water partition coefficient (Wildman–Crippen LogP) is 8.86. The van der Waals surface area contributed by atoms with Crippen LogP contribution in [0.2, 0.25) is 0 Å². The minimum absolute atomic E-state index is 0.0893. The van der Waals surface area contributed by atoms with E-state index in [4.69, 9.17) is 18.9 Å². The molecule has 2 amide bonds. The molecule has 2 saturated carbocycles. The molecule has 8 rings (SSSR count). The Balaban J connectivity index is 0.000000160. The zero-order valence-corrected chi connectivity index (χ0v) is 30.2. The lowest BCUT2D eigenvalue weighted by Gasteiger charge is -2.35. The number of ether oxygens (including phenoxy) is 1. The van der Waals surface area contributed by atoms with E-state index in [-0.39, 0.29) is 52.8 Å². The van der Waals surface area contributed by atoms with Crippen molar-refractivity contribution in [3.05, 3.63) is 144 Å². The van der Waals surface area contributed by atoms with E-state index in [1.165, 1.54) is 42.8 Å². The largest absolute Gasteiger partial charge is 0.508 e. The second kappa shape index (κ2) is 18.6. The van der Waals surface area contributed by atoms with Crippen LogP contribution in [0.5, 0.6) is 11.5 Å². The van der Waals surface area contributed by atoms with E-state index in [1.54, 1.807) is 24.3 Å². The highest BCUT2D eigenvalue weighted by atomic mass is 19.1. The molecule has 10 nitrogen and oxygen atoms in total. The zero-order chi connectivity index (χ0) is 38.6. The Morgan fingerprint density at radius 3 is 1.55 bits per heavy atom. The number of nitrogens with zero attached hydrogens (tertiary/aromatic N) is 2. The lowest BCUT2D eigenvalue weighted by Crippen LogP contribution is -2.45. The third-order valence-electron chi connectivity index (χ3n) is 9.45. The van der Waals surface area contributed by atoms with E-state index >= 15 is 0 Å². The Bertz CT molecular complexity index is 2070. The molecule has 0 atom stereocenters. The van der Waals surface area contributed by atoms with Crippen molar-refractivity contribution in [3.63, 3.8) is 0 Å². The number of nitrogens with one attached hydrogen (secondary N) is 2. The fourth-order valence-electron chi connectivity index (χ4n) is 6.13. The van der Waals surface area contributed by atoms with Gasteiger partial charge in [-0.1, -0.05) is 84.3 Å². The first kappa shape index (κ1) is 38.4. The van der Waals surface area contributed by atoms with Crippen LogP contribution < -0.4 is 15.4 Å². The number of rotatable bonds is 10. The number of halogens is 2. The van der Waals surface area contributed by atoms with Gasteiger partial charge in [0.25, 0.3) is 11.8 Å². The Hall–Kier alpha value is -6.30. The van der Waals surface area contributed by atoms with E-state index in [0.717, 1.165) is 42.7 Å². The number of aromatic hydroxyl groups is 1. The molecule has 284 valence electrons. The minimum Gasteiger partial charge on any atom is -0.508 e. The normalized spacial score (nSPS) is 18.2. The fraction of sp³-hybridized carbons (Fsp3) is 0.256. The van der Waals surface area contributed by atoms with Gasteiger partial charge < -0.3 is 29.5 Å². The molecule has 0 spiro atoms. The second-order valence-electron chi connectivity index (χ2n) is 13.6. The summed E-state index contributed by atoms with van der Waals surface area (Å²) < 4.78 is 40.8. The number of amides is 2. The Labute approximate surface area is 317 Å². The number of carbonyl (C=O) groups is 2. The van der Waals surface area contributed by atoms with Gasteiger partial charge in [0.1, 0.15) is 34.5 Å². The molecule has 0 unspecified atom stereocenters. The van der Waals surface area contributed by atoms with Crippen molar-refractivity contribution >= 4 is 11.8 Å². The quantitative estimate of drug-likeness (QED) is 0.126. The van der Waals surface area contributed by atoms with Crippen molar-refractivity contribution < 1.29 is 37.3 Å². The average Bonchev–Trinajstić information content (AvgIpc) is 3.89. The van der Waals surface area contributed by atoms with Crippen molar-refractivity contribution in [2.75, 3.05) is 6.61 Å². The lowest BCUT2D eigenvalue weighted by molar-refractivity contribution is 0.0813. The van der Waals surface area contributed by atoms with Crippen molar-refractivity contribution in [1.82, 2.24) is 20.9 Å². The van der Waals surface area contributed by atoms with E-state index < -0.39 is 0 Å². The molecular formula is C43H42F2N4O6. The fourth-order valence-corrected chi connectivity index (χ4v) is 6.13. The molecule has 0 bridgehead atoms. The third-order valence-corrected chi connectivity index (χ3v) is 9.45. The van der Waals surface area contributed by atoms with E-state index in [1.807, 2.05) is 60.7 Å². The molecule has 3 N–H and O–H groups in total. The van der Waals surface area contributed by atoms with E-state index in [0.29, 0.717) is 29.7 Å². The Morgan fingerprint density at radius 1 is 0.673 bits per heavy atom. The molecule has 0 radical (unpaired) electrons. The Kier molecular flexibility index (Phi) is 13.0. The van der Waals surface area contributed by atoms with E-state index in [2.05, 4.69) is 27.9 Å². The van der Waals surface area contributed by atoms with Crippen LogP contribution in [-0.4, -0.2) is 45.9 Å². The first-order valence-corrected chi connectivity index (χ1v) is 18.2. The van der Waals surface area contributed by atoms with Gasteiger partial charge in [-0.2, -0.15) is 0 Å². The second-order valence-corrected chi connectivity index (χ2v) is 13.6. The molecule has 2 aliphatic carbocycles. The highest BCUT2D eigenvalue weighted by Gasteiger charge is 2.32. The average molecular weight is 749 g/mol. The van der Waals surface area contributed by atoms with Crippen LogP contribution in [0.1, 0.15) is 60.1 Å². The first-order chi connectivity index (χ1) is 26.7. The van der Waals surface area contributed by atoms with Crippen LogP contribution in [0.15, 0.2) is 130 Å². The summed E-state index contributed by atoms with van der Waals surface area (Å²) in [7, 11) is 0. The molecule has 55 heavy (non-hydrogen) atoms. The zero-order valence-electron chi connectivity index (χ0n) is 30.2. The highest BCUT2D eigenvalue weighted by molar-refractivity contribution is 5.93. The van der Waals surface area contributed by atoms with Gasteiger partial charge in [-0.3, -0.25) is 9.59 Å². The van der Waals surface area contributed by atoms with Gasteiger partial charge in [-0.05, 0) is 86.1 Å². The third kappa shape index (κ3) is 11.1. The van der Waals surface area contributed by atoms with Crippen LogP contribution >= 0.6 is 0 Å². The standard InChI is InChI=1S/C21H19FN2O3.C16H18N2O2.C6H5FO/c22-16-6-8-18(9-7-16)26-13-14-10-17(11-14)23-21(25)20-12-19(24-27-20)15-4-2-1-3-5-15;1-2-11-8-13(9-11)17-16(19)15-10-14(18-20-15)12-6-4-3-5-7-12;7-5-1-3-6(8)4-2-5/h1-9,12,14,17H,10-11,13H2,(H,23,25);3-7,10-11,13H,2,8-9H2,1H3,(H,17,19);1-4,8H. The van der Waals surface area contributed by atoms with Gasteiger partial charge in [0.05, 0.1) is 6.61 Å². The monoisotopic (exact) mass is 748 g/mol. The maximum atomic E-state index is 12.9. The molecule has 6 aromatic rings. The summed E-state index contributed by atoms with van der Waals surface area (Å²) in [6.45, 7) is 2.74. The van der Waals surface area contributed by atoms with Gasteiger partial charge in [0, 0.05) is 35.3 Å². The van der Waals surface area contributed by atoms with Crippen molar-refractivity contribution in [2.24, 2.45) is 11.8 Å². The topological polar surface area (TPSA) is 140 Å². The Morgan fingerprint density at radius 2 is 1.11 bits per heavy atom. The van der Waals surface area contributed by atoms with E-state index in [9.17, 15) is 18.4 Å². The first-order valence-electron chi connectivity index (χ1n) is 18.2. The van der Waals surface area contributed by atoms with Crippen LogP contribution in [0.4, 0.5) is 8.78 Å². The molecular weight excluding hydrogens is 706 g/mol. The smallest absolute Gasteiger partial charge is 0.290 e. The molecule has 2 aliphatic rings. The number of aromatic nitrogens is 2.